The van der Waals surface area contributed by atoms with Gasteiger partial charge in [0.1, 0.15) is 0 Å². The largest absolute Gasteiger partial charge is 0.465 e. The number of nitrogens with zero attached hydrogens (tertiary/aromatic N) is 4. The number of aromatic nitrogens is 3. The number of halogens is 3. The summed E-state index contributed by atoms with van der Waals surface area (Å²) in [6.07, 6.45) is -1.71. The molecule has 0 bridgehead atoms. The van der Waals surface area contributed by atoms with Gasteiger partial charge in [-0.2, -0.15) is 13.2 Å². The number of piperidine rings is 1. The number of benzene rings is 1. The number of carbonyl (C=O) groups excluding carboxylic acids is 1. The Morgan fingerprint density at radius 1 is 1.10 bits per heavy atom. The van der Waals surface area contributed by atoms with Gasteiger partial charge >= 0.3 is 12.3 Å². The van der Waals surface area contributed by atoms with Crippen molar-refractivity contribution in [2.24, 2.45) is 5.73 Å². The number of pyridine rings is 1. The molecule has 1 aliphatic rings. The molecule has 12 heteroatoms. The highest BCUT2D eigenvalue weighted by atomic mass is 19.4. The van der Waals surface area contributed by atoms with E-state index in [4.69, 9.17) is 10.8 Å². The van der Waals surface area contributed by atoms with Crippen LogP contribution in [0.2, 0.25) is 0 Å². The van der Waals surface area contributed by atoms with Crippen LogP contribution in [0.5, 0.6) is 0 Å². The molecule has 4 rings (SSSR count). The second-order valence-electron chi connectivity index (χ2n) is 9.52. The molecule has 0 spiro atoms. The van der Waals surface area contributed by atoms with Gasteiger partial charge in [-0.1, -0.05) is 24.3 Å². The Morgan fingerprint density at radius 3 is 2.44 bits per heavy atom. The number of nitrogens with one attached hydrogen (secondary N) is 1. The van der Waals surface area contributed by atoms with Crippen LogP contribution in [-0.4, -0.2) is 50.0 Å². The first-order valence-corrected chi connectivity index (χ1v) is 12.5. The third kappa shape index (κ3) is 6.81. The second kappa shape index (κ2) is 11.7. The van der Waals surface area contributed by atoms with Crippen molar-refractivity contribution in [3.8, 4) is 0 Å². The molecule has 1 unspecified atom stereocenters. The van der Waals surface area contributed by atoms with Crippen LogP contribution in [0.1, 0.15) is 59.7 Å². The number of nitrogens with two attached hydrogens (primary N) is 1. The number of aryl methyl sites for hydroxylation is 2. The minimum absolute atomic E-state index is 0.00102. The fourth-order valence-corrected chi connectivity index (χ4v) is 4.71. The number of primary amides is 1. The Kier molecular flexibility index (Phi) is 8.32. The van der Waals surface area contributed by atoms with Crippen molar-refractivity contribution in [3.63, 3.8) is 0 Å². The second-order valence-corrected chi connectivity index (χ2v) is 9.52. The number of anilines is 2. The maximum atomic E-state index is 13.7. The number of hydrogen-bond donors (Lipinski definition) is 3. The van der Waals surface area contributed by atoms with E-state index in [0.717, 1.165) is 17.5 Å². The van der Waals surface area contributed by atoms with Crippen molar-refractivity contribution >= 4 is 23.6 Å². The van der Waals surface area contributed by atoms with Gasteiger partial charge in [0, 0.05) is 30.9 Å². The first kappa shape index (κ1) is 27.8. The summed E-state index contributed by atoms with van der Waals surface area (Å²) in [5.74, 6) is -0.965. The molecule has 1 fully saturated rings. The molecule has 9 nitrogen and oxygen atoms in total. The minimum Gasteiger partial charge on any atom is -0.465 e. The number of likely N-dealkylation sites (tertiary alicyclic amines) is 1. The average molecular weight is 543 g/mol. The number of alkyl halides is 3. The molecule has 1 aliphatic heterocycles. The normalized spacial score (nSPS) is 15.1. The molecule has 39 heavy (non-hydrogen) atoms. The zero-order valence-electron chi connectivity index (χ0n) is 21.3. The fourth-order valence-electron chi connectivity index (χ4n) is 4.71. The molecular formula is C27H29F3N6O3. The van der Waals surface area contributed by atoms with E-state index in [1.54, 1.807) is 43.5 Å². The molecule has 1 aromatic carbocycles. The molecule has 1 atom stereocenters. The molecule has 0 radical (unpaired) electrons. The van der Waals surface area contributed by atoms with E-state index in [0.29, 0.717) is 37.2 Å². The average Bonchev–Trinajstić information content (AvgIpc) is 2.91. The highest BCUT2D eigenvalue weighted by Crippen LogP contribution is 2.33. The van der Waals surface area contributed by atoms with Crippen LogP contribution in [-0.2, 0) is 23.8 Å². The van der Waals surface area contributed by atoms with Crippen LogP contribution in [0.3, 0.4) is 0 Å². The first-order valence-electron chi connectivity index (χ1n) is 12.5. The van der Waals surface area contributed by atoms with E-state index in [1.807, 2.05) is 6.07 Å². The lowest BCUT2D eigenvalue weighted by Crippen LogP contribution is -2.36. The van der Waals surface area contributed by atoms with Gasteiger partial charge in [0.2, 0.25) is 11.9 Å². The fraction of sp³-hybridized carbons (Fsp3) is 0.370. The summed E-state index contributed by atoms with van der Waals surface area (Å²) in [4.78, 5) is 36.7. The Bertz CT molecular complexity index is 1330. The Hall–Kier alpha value is -4.22. The van der Waals surface area contributed by atoms with Crippen LogP contribution in [0.25, 0.3) is 0 Å². The quantitative estimate of drug-likeness (QED) is 0.370. The van der Waals surface area contributed by atoms with Crippen LogP contribution in [0.15, 0.2) is 48.8 Å². The summed E-state index contributed by atoms with van der Waals surface area (Å²) in [5.41, 5.74) is 7.07. The number of carbonyl (C=O) groups is 2. The lowest BCUT2D eigenvalue weighted by atomic mass is 9.92. The monoisotopic (exact) mass is 542 g/mol. The van der Waals surface area contributed by atoms with E-state index in [-0.39, 0.29) is 30.4 Å². The molecule has 1 saturated heterocycles. The molecule has 0 saturated carbocycles. The molecular weight excluding hydrogens is 513 g/mol. The summed E-state index contributed by atoms with van der Waals surface area (Å²) < 4.78 is 41.2. The van der Waals surface area contributed by atoms with Gasteiger partial charge in [0.25, 0.3) is 0 Å². The topological polar surface area (TPSA) is 134 Å². The maximum absolute atomic E-state index is 13.7. The van der Waals surface area contributed by atoms with Crippen LogP contribution in [0, 0.1) is 0 Å². The Balaban J connectivity index is 1.49. The number of rotatable bonds is 8. The van der Waals surface area contributed by atoms with Crippen molar-refractivity contribution in [1.29, 1.82) is 0 Å². The summed E-state index contributed by atoms with van der Waals surface area (Å²) >= 11 is 0. The standard InChI is InChI=1S/C27H29F3N6O3/c1-16(24(31)37)20-5-3-2-4-17(20)6-8-23-21(27(28,29)30)15-33-25(35-23)34-19-7-9-22(32-14-19)18-10-12-36(13-11-18)26(38)39/h2-5,7,9,14-16,18H,6,8,10-13H2,1H3,(H2,31,37)(H,38,39)(H,33,34,35). The SMILES string of the molecule is CC(C(N)=O)c1ccccc1CCc1nc(Nc2ccc(C3CCN(C(=O)O)CC3)nc2)ncc1C(F)(F)F. The Labute approximate surface area is 223 Å². The third-order valence-corrected chi connectivity index (χ3v) is 6.98. The van der Waals surface area contributed by atoms with Crippen molar-refractivity contribution in [3.05, 3.63) is 76.9 Å². The predicted molar refractivity (Wildman–Crippen MR) is 138 cm³/mol. The molecule has 3 aromatic rings. The predicted octanol–water partition coefficient (Wildman–Crippen LogP) is 4.87. The maximum Gasteiger partial charge on any atom is 0.419 e. The summed E-state index contributed by atoms with van der Waals surface area (Å²) in [6, 6.07) is 10.6. The van der Waals surface area contributed by atoms with Crippen molar-refractivity contribution in [2.45, 2.75) is 50.6 Å². The van der Waals surface area contributed by atoms with E-state index in [2.05, 4.69) is 20.3 Å². The van der Waals surface area contributed by atoms with Gasteiger partial charge < -0.3 is 21.1 Å². The number of carboxylic acid groups (broad SMARTS) is 1. The van der Waals surface area contributed by atoms with Crippen molar-refractivity contribution in [1.82, 2.24) is 19.9 Å². The van der Waals surface area contributed by atoms with E-state index in [1.165, 1.54) is 4.90 Å². The molecule has 2 aromatic heterocycles. The summed E-state index contributed by atoms with van der Waals surface area (Å²) in [5, 5.41) is 12.0. The Morgan fingerprint density at radius 2 is 1.82 bits per heavy atom. The highest BCUT2D eigenvalue weighted by molar-refractivity contribution is 5.81. The summed E-state index contributed by atoms with van der Waals surface area (Å²) in [6.45, 7) is 2.54. The molecule has 206 valence electrons. The smallest absolute Gasteiger partial charge is 0.419 e. The lowest BCUT2D eigenvalue weighted by Gasteiger charge is -2.29. The molecule has 0 aliphatic carbocycles. The van der Waals surface area contributed by atoms with E-state index >= 15 is 0 Å². The third-order valence-electron chi connectivity index (χ3n) is 6.98. The van der Waals surface area contributed by atoms with Gasteiger partial charge in [-0.3, -0.25) is 9.78 Å². The van der Waals surface area contributed by atoms with Gasteiger partial charge in [-0.05, 0) is 55.9 Å². The first-order chi connectivity index (χ1) is 18.5. The van der Waals surface area contributed by atoms with E-state index < -0.39 is 29.7 Å². The highest BCUT2D eigenvalue weighted by Gasteiger charge is 2.35. The minimum atomic E-state index is -4.63. The van der Waals surface area contributed by atoms with Crippen LogP contribution < -0.4 is 11.1 Å². The lowest BCUT2D eigenvalue weighted by molar-refractivity contribution is -0.138. The molecule has 3 heterocycles. The van der Waals surface area contributed by atoms with E-state index in [9.17, 15) is 22.8 Å². The number of amides is 2. The van der Waals surface area contributed by atoms with Crippen molar-refractivity contribution in [2.75, 3.05) is 18.4 Å². The molecule has 4 N–H and O–H groups in total. The zero-order chi connectivity index (χ0) is 28.2. The number of hydrogen-bond acceptors (Lipinski definition) is 6. The van der Waals surface area contributed by atoms with Crippen LogP contribution >= 0.6 is 0 Å². The van der Waals surface area contributed by atoms with Gasteiger partial charge in [-0.15, -0.1) is 0 Å². The zero-order valence-corrected chi connectivity index (χ0v) is 21.3. The van der Waals surface area contributed by atoms with Crippen LogP contribution in [0.4, 0.5) is 29.6 Å². The van der Waals surface area contributed by atoms with Gasteiger partial charge in [0.15, 0.2) is 0 Å². The van der Waals surface area contributed by atoms with Gasteiger partial charge in [-0.25, -0.2) is 14.8 Å². The van der Waals surface area contributed by atoms with Crippen molar-refractivity contribution < 1.29 is 27.9 Å². The summed E-state index contributed by atoms with van der Waals surface area (Å²) in [7, 11) is 0. The van der Waals surface area contributed by atoms with Gasteiger partial charge in [0.05, 0.1) is 29.1 Å². The molecule has 2 amide bonds.